The highest BCUT2D eigenvalue weighted by molar-refractivity contribution is 6.04. The Morgan fingerprint density at radius 3 is 2.46 bits per heavy atom. The Labute approximate surface area is 142 Å². The summed E-state index contributed by atoms with van der Waals surface area (Å²) in [6.07, 6.45) is 1.14. The van der Waals surface area contributed by atoms with Crippen LogP contribution in [0.25, 0.3) is 10.8 Å². The average molecular weight is 325 g/mol. The number of fused-ring (bicyclic) bond motifs is 1. The second-order valence-electron chi connectivity index (χ2n) is 6.85. The molecule has 2 aromatic rings. The van der Waals surface area contributed by atoms with E-state index in [1.165, 1.54) is 0 Å². The summed E-state index contributed by atoms with van der Waals surface area (Å²) < 4.78 is 5.29. The Morgan fingerprint density at radius 1 is 1.04 bits per heavy atom. The Hall–Kier alpha value is -2.36. The minimum Gasteiger partial charge on any atom is -0.452 e. The molecule has 3 rings (SSSR count). The third-order valence-electron chi connectivity index (χ3n) is 4.56. The van der Waals surface area contributed by atoms with Crippen LogP contribution in [0.4, 0.5) is 0 Å². The molecule has 0 spiro atoms. The van der Waals surface area contributed by atoms with Gasteiger partial charge in [0.05, 0.1) is 5.56 Å². The summed E-state index contributed by atoms with van der Waals surface area (Å²) >= 11 is 0. The van der Waals surface area contributed by atoms with Gasteiger partial charge in [0.1, 0.15) is 0 Å². The lowest BCUT2D eigenvalue weighted by Gasteiger charge is -2.34. The molecule has 0 aliphatic carbocycles. The molecule has 126 valence electrons. The van der Waals surface area contributed by atoms with Crippen molar-refractivity contribution in [3.8, 4) is 0 Å². The molecule has 4 nitrogen and oxygen atoms in total. The molecule has 2 aromatic carbocycles. The Balaban J connectivity index is 1.65. The number of amides is 1. The second-order valence-corrected chi connectivity index (χ2v) is 6.85. The fraction of sp³-hybridized carbons (Fsp3) is 0.400. The van der Waals surface area contributed by atoms with Crippen LogP contribution in [0.2, 0.25) is 0 Å². The average Bonchev–Trinajstić information content (AvgIpc) is 2.58. The van der Waals surface area contributed by atoms with Crippen molar-refractivity contribution in [2.75, 3.05) is 19.7 Å². The van der Waals surface area contributed by atoms with Crippen LogP contribution >= 0.6 is 0 Å². The molecule has 4 heteroatoms. The molecule has 1 saturated heterocycles. The summed E-state index contributed by atoms with van der Waals surface area (Å²) in [5, 5.41) is 1.83. The highest BCUT2D eigenvalue weighted by Gasteiger charge is 2.26. The molecule has 0 aromatic heterocycles. The van der Waals surface area contributed by atoms with Crippen molar-refractivity contribution < 1.29 is 14.3 Å². The van der Waals surface area contributed by atoms with Gasteiger partial charge in [-0.05, 0) is 35.1 Å². The van der Waals surface area contributed by atoms with Crippen molar-refractivity contribution in [1.29, 1.82) is 0 Å². The quantitative estimate of drug-likeness (QED) is 0.812. The monoisotopic (exact) mass is 325 g/mol. The van der Waals surface area contributed by atoms with Gasteiger partial charge in [-0.3, -0.25) is 4.79 Å². The number of rotatable bonds is 3. The van der Waals surface area contributed by atoms with Crippen LogP contribution in [0.3, 0.4) is 0 Å². The van der Waals surface area contributed by atoms with Crippen LogP contribution in [-0.2, 0) is 9.53 Å². The van der Waals surface area contributed by atoms with Crippen molar-refractivity contribution in [2.24, 2.45) is 11.8 Å². The SMILES string of the molecule is C[C@@H]1C[C@@H](C)CN(C(=O)COC(=O)c2cccc3ccccc23)C1. The number of hydrogen-bond donors (Lipinski definition) is 0. The predicted octanol–water partition coefficient (Wildman–Crippen LogP) is 3.50. The molecule has 0 saturated carbocycles. The zero-order valence-corrected chi connectivity index (χ0v) is 14.2. The van der Waals surface area contributed by atoms with Crippen molar-refractivity contribution >= 4 is 22.6 Å². The predicted molar refractivity (Wildman–Crippen MR) is 93.8 cm³/mol. The third kappa shape index (κ3) is 3.58. The van der Waals surface area contributed by atoms with Crippen LogP contribution in [0.15, 0.2) is 42.5 Å². The minimum atomic E-state index is -0.446. The molecule has 0 unspecified atom stereocenters. The van der Waals surface area contributed by atoms with E-state index in [1.54, 1.807) is 6.07 Å². The largest absolute Gasteiger partial charge is 0.452 e. The van der Waals surface area contributed by atoms with E-state index >= 15 is 0 Å². The number of nitrogens with zero attached hydrogens (tertiary/aromatic N) is 1. The van der Waals surface area contributed by atoms with Gasteiger partial charge in [0.15, 0.2) is 6.61 Å². The van der Waals surface area contributed by atoms with E-state index in [4.69, 9.17) is 4.74 Å². The molecule has 0 radical (unpaired) electrons. The molecule has 1 aliphatic rings. The number of carbonyl (C=O) groups excluding carboxylic acids is 2. The number of ether oxygens (including phenoxy) is 1. The van der Waals surface area contributed by atoms with E-state index in [0.717, 1.165) is 30.3 Å². The number of carbonyl (C=O) groups is 2. The number of esters is 1. The zero-order valence-electron chi connectivity index (χ0n) is 14.2. The summed E-state index contributed by atoms with van der Waals surface area (Å²) in [5.41, 5.74) is 0.501. The second kappa shape index (κ2) is 7.04. The molecular weight excluding hydrogens is 302 g/mol. The van der Waals surface area contributed by atoms with Gasteiger partial charge in [-0.2, -0.15) is 0 Å². The molecular formula is C20H23NO3. The summed E-state index contributed by atoms with van der Waals surface area (Å²) in [6.45, 7) is 5.60. The molecule has 0 N–H and O–H groups in total. The molecule has 1 heterocycles. The van der Waals surface area contributed by atoms with Gasteiger partial charge in [0, 0.05) is 13.1 Å². The molecule has 2 atom stereocenters. The highest BCUT2D eigenvalue weighted by atomic mass is 16.5. The van der Waals surface area contributed by atoms with Gasteiger partial charge in [0.2, 0.25) is 0 Å². The third-order valence-corrected chi connectivity index (χ3v) is 4.56. The van der Waals surface area contributed by atoms with Gasteiger partial charge in [-0.25, -0.2) is 4.79 Å². The molecule has 1 aliphatic heterocycles. The number of piperidine rings is 1. The maximum absolute atomic E-state index is 12.4. The lowest BCUT2D eigenvalue weighted by atomic mass is 9.92. The van der Waals surface area contributed by atoms with Crippen molar-refractivity contribution in [3.05, 3.63) is 48.0 Å². The first-order valence-electron chi connectivity index (χ1n) is 8.47. The van der Waals surface area contributed by atoms with E-state index < -0.39 is 5.97 Å². The van der Waals surface area contributed by atoms with Gasteiger partial charge in [-0.1, -0.05) is 50.2 Å². The van der Waals surface area contributed by atoms with E-state index in [9.17, 15) is 9.59 Å². The number of benzene rings is 2. The van der Waals surface area contributed by atoms with E-state index in [0.29, 0.717) is 17.4 Å². The fourth-order valence-corrected chi connectivity index (χ4v) is 3.57. The molecule has 1 amide bonds. The van der Waals surface area contributed by atoms with Crippen LogP contribution in [-0.4, -0.2) is 36.5 Å². The molecule has 1 fully saturated rings. The lowest BCUT2D eigenvalue weighted by Crippen LogP contribution is -2.44. The number of likely N-dealkylation sites (tertiary alicyclic amines) is 1. The first kappa shape index (κ1) is 16.5. The van der Waals surface area contributed by atoms with E-state index in [1.807, 2.05) is 41.3 Å². The van der Waals surface area contributed by atoms with Crippen molar-refractivity contribution in [2.45, 2.75) is 20.3 Å². The maximum Gasteiger partial charge on any atom is 0.339 e. The normalized spacial score (nSPS) is 20.8. The summed E-state index contributed by atoms with van der Waals surface area (Å²) in [5.74, 6) is 0.429. The standard InChI is InChI=1S/C20H23NO3/c1-14-10-15(2)12-21(11-14)19(22)13-24-20(23)18-9-5-7-16-6-3-4-8-17(16)18/h3-9,14-15H,10-13H2,1-2H3/t14-,15-/m1/s1. The fourth-order valence-electron chi connectivity index (χ4n) is 3.57. The molecule has 0 bridgehead atoms. The Bertz CT molecular complexity index is 740. The van der Waals surface area contributed by atoms with Crippen LogP contribution in [0.5, 0.6) is 0 Å². The van der Waals surface area contributed by atoms with Gasteiger partial charge in [-0.15, -0.1) is 0 Å². The maximum atomic E-state index is 12.4. The zero-order chi connectivity index (χ0) is 17.1. The lowest BCUT2D eigenvalue weighted by molar-refractivity contribution is -0.137. The number of hydrogen-bond acceptors (Lipinski definition) is 3. The highest BCUT2D eigenvalue weighted by Crippen LogP contribution is 2.22. The van der Waals surface area contributed by atoms with Crippen LogP contribution < -0.4 is 0 Å². The van der Waals surface area contributed by atoms with Gasteiger partial charge >= 0.3 is 5.97 Å². The van der Waals surface area contributed by atoms with Crippen molar-refractivity contribution in [1.82, 2.24) is 4.90 Å². The Morgan fingerprint density at radius 2 is 1.71 bits per heavy atom. The van der Waals surface area contributed by atoms with E-state index in [-0.39, 0.29) is 12.5 Å². The molecule has 24 heavy (non-hydrogen) atoms. The first-order chi connectivity index (χ1) is 11.5. The van der Waals surface area contributed by atoms with Crippen molar-refractivity contribution in [3.63, 3.8) is 0 Å². The Kier molecular flexibility index (Phi) is 4.84. The summed E-state index contributed by atoms with van der Waals surface area (Å²) in [7, 11) is 0. The topological polar surface area (TPSA) is 46.6 Å². The smallest absolute Gasteiger partial charge is 0.339 e. The first-order valence-corrected chi connectivity index (χ1v) is 8.47. The van der Waals surface area contributed by atoms with Gasteiger partial charge < -0.3 is 9.64 Å². The minimum absolute atomic E-state index is 0.109. The van der Waals surface area contributed by atoms with E-state index in [2.05, 4.69) is 13.8 Å². The van der Waals surface area contributed by atoms with Crippen LogP contribution in [0.1, 0.15) is 30.6 Å². The summed E-state index contributed by atoms with van der Waals surface area (Å²) in [6, 6.07) is 13.2. The summed E-state index contributed by atoms with van der Waals surface area (Å²) in [4.78, 5) is 26.5. The van der Waals surface area contributed by atoms with Gasteiger partial charge in [0.25, 0.3) is 5.91 Å². The van der Waals surface area contributed by atoms with Crippen LogP contribution in [0, 0.1) is 11.8 Å².